The molecule has 3 amide bonds. The SMILES string of the molecule is CCCN(CC(=O)OCC)C(=O)N[C@@H](CC(N)=O)C(=O)O. The number of rotatable bonds is 9. The molecule has 0 rings (SSSR count). The van der Waals surface area contributed by atoms with Gasteiger partial charge in [0.15, 0.2) is 0 Å². The molecule has 0 spiro atoms. The van der Waals surface area contributed by atoms with Gasteiger partial charge in [-0.2, -0.15) is 0 Å². The summed E-state index contributed by atoms with van der Waals surface area (Å²) in [5, 5.41) is 11.1. The predicted octanol–water partition coefficient (Wildman–Crippen LogP) is -0.700. The van der Waals surface area contributed by atoms with Gasteiger partial charge in [-0.3, -0.25) is 9.59 Å². The van der Waals surface area contributed by atoms with Crippen molar-refractivity contribution in [3.05, 3.63) is 0 Å². The number of amides is 3. The van der Waals surface area contributed by atoms with Gasteiger partial charge in [0, 0.05) is 6.54 Å². The van der Waals surface area contributed by atoms with Crippen molar-refractivity contribution < 1.29 is 29.0 Å². The van der Waals surface area contributed by atoms with E-state index in [-0.39, 0.29) is 19.7 Å². The van der Waals surface area contributed by atoms with Crippen LogP contribution in [-0.4, -0.2) is 59.6 Å². The van der Waals surface area contributed by atoms with Crippen LogP contribution in [0.15, 0.2) is 0 Å². The Morgan fingerprint density at radius 1 is 1.29 bits per heavy atom. The largest absolute Gasteiger partial charge is 0.480 e. The number of nitrogens with two attached hydrogens (primary N) is 1. The molecule has 9 nitrogen and oxygen atoms in total. The van der Waals surface area contributed by atoms with Crippen molar-refractivity contribution in [1.29, 1.82) is 0 Å². The van der Waals surface area contributed by atoms with Gasteiger partial charge in [-0.05, 0) is 13.3 Å². The van der Waals surface area contributed by atoms with Crippen LogP contribution in [0.5, 0.6) is 0 Å². The van der Waals surface area contributed by atoms with Gasteiger partial charge in [-0.1, -0.05) is 6.92 Å². The third-order valence-corrected chi connectivity index (χ3v) is 2.41. The van der Waals surface area contributed by atoms with Crippen molar-refractivity contribution in [3.8, 4) is 0 Å². The van der Waals surface area contributed by atoms with E-state index >= 15 is 0 Å². The maximum atomic E-state index is 12.0. The molecule has 0 aliphatic rings. The van der Waals surface area contributed by atoms with Crippen molar-refractivity contribution in [1.82, 2.24) is 10.2 Å². The molecule has 0 unspecified atom stereocenters. The van der Waals surface area contributed by atoms with Crippen molar-refractivity contribution >= 4 is 23.9 Å². The lowest BCUT2D eigenvalue weighted by Crippen LogP contribution is -2.50. The summed E-state index contributed by atoms with van der Waals surface area (Å²) in [5.74, 6) is -2.83. The summed E-state index contributed by atoms with van der Waals surface area (Å²) < 4.78 is 4.73. The van der Waals surface area contributed by atoms with Crippen molar-refractivity contribution in [2.24, 2.45) is 5.73 Å². The number of carboxylic acids is 1. The number of primary amides is 1. The molecule has 0 aliphatic carbocycles. The third-order valence-electron chi connectivity index (χ3n) is 2.41. The molecule has 0 radical (unpaired) electrons. The predicted molar refractivity (Wildman–Crippen MR) is 72.3 cm³/mol. The van der Waals surface area contributed by atoms with Gasteiger partial charge in [-0.15, -0.1) is 0 Å². The van der Waals surface area contributed by atoms with Crippen LogP contribution in [-0.2, 0) is 19.1 Å². The zero-order valence-electron chi connectivity index (χ0n) is 12.1. The molecule has 4 N–H and O–H groups in total. The molecule has 21 heavy (non-hydrogen) atoms. The Bertz CT molecular complexity index is 398. The number of esters is 1. The van der Waals surface area contributed by atoms with Gasteiger partial charge in [0.1, 0.15) is 12.6 Å². The van der Waals surface area contributed by atoms with Gasteiger partial charge < -0.3 is 25.8 Å². The van der Waals surface area contributed by atoms with Crippen LogP contribution in [0, 0.1) is 0 Å². The van der Waals surface area contributed by atoms with E-state index in [1.807, 2.05) is 0 Å². The highest BCUT2D eigenvalue weighted by molar-refractivity contribution is 5.88. The Balaban J connectivity index is 4.74. The standard InChI is InChI=1S/C12H21N3O6/c1-3-5-15(7-10(17)21-4-2)12(20)14-8(11(18)19)6-9(13)16/h8H,3-7H2,1-2H3,(H2,13,16)(H,14,20)(H,18,19)/t8-/m0/s1. The molecule has 0 aromatic rings. The fourth-order valence-corrected chi connectivity index (χ4v) is 1.53. The lowest BCUT2D eigenvalue weighted by molar-refractivity contribution is -0.143. The summed E-state index contributed by atoms with van der Waals surface area (Å²) in [5.41, 5.74) is 4.92. The molecule has 0 aromatic heterocycles. The topological polar surface area (TPSA) is 139 Å². The average molecular weight is 303 g/mol. The molecule has 0 fully saturated rings. The zero-order valence-corrected chi connectivity index (χ0v) is 12.1. The number of hydrogen-bond acceptors (Lipinski definition) is 5. The smallest absolute Gasteiger partial charge is 0.326 e. The lowest BCUT2D eigenvalue weighted by atomic mass is 10.2. The molecule has 120 valence electrons. The van der Waals surface area contributed by atoms with Gasteiger partial charge in [0.05, 0.1) is 13.0 Å². The average Bonchev–Trinajstić information content (AvgIpc) is 2.36. The van der Waals surface area contributed by atoms with Gasteiger partial charge in [0.25, 0.3) is 0 Å². The number of carboxylic acid groups (broad SMARTS) is 1. The van der Waals surface area contributed by atoms with Crippen LogP contribution in [0.25, 0.3) is 0 Å². The summed E-state index contributed by atoms with van der Waals surface area (Å²) in [6.07, 6.45) is 0.0425. The first-order chi connectivity index (χ1) is 9.81. The summed E-state index contributed by atoms with van der Waals surface area (Å²) in [6.45, 7) is 3.56. The van der Waals surface area contributed by atoms with Crippen molar-refractivity contribution in [3.63, 3.8) is 0 Å². The first-order valence-corrected chi connectivity index (χ1v) is 6.53. The first kappa shape index (κ1) is 18.7. The summed E-state index contributed by atoms with van der Waals surface area (Å²) in [6, 6.07) is -2.20. The van der Waals surface area contributed by atoms with E-state index in [9.17, 15) is 19.2 Å². The Labute approximate surface area is 122 Å². The Kier molecular flexibility index (Phi) is 8.51. The van der Waals surface area contributed by atoms with Gasteiger partial charge in [0.2, 0.25) is 5.91 Å². The van der Waals surface area contributed by atoms with Crippen molar-refractivity contribution in [2.45, 2.75) is 32.7 Å². The quantitative estimate of drug-likeness (QED) is 0.481. The minimum absolute atomic E-state index is 0.180. The molecule has 0 aliphatic heterocycles. The van der Waals surface area contributed by atoms with E-state index in [2.05, 4.69) is 5.32 Å². The second kappa shape index (κ2) is 9.56. The number of carbonyl (C=O) groups excluding carboxylic acids is 3. The van der Waals surface area contributed by atoms with Gasteiger partial charge in [-0.25, -0.2) is 9.59 Å². The highest BCUT2D eigenvalue weighted by Crippen LogP contribution is 1.99. The van der Waals surface area contributed by atoms with Crippen LogP contribution in [0.2, 0.25) is 0 Å². The summed E-state index contributed by atoms with van der Waals surface area (Å²) >= 11 is 0. The molecular weight excluding hydrogens is 282 g/mol. The molecule has 0 heterocycles. The molecule has 0 saturated carbocycles. The van der Waals surface area contributed by atoms with Crippen LogP contribution in [0.3, 0.4) is 0 Å². The van der Waals surface area contributed by atoms with Crippen LogP contribution >= 0.6 is 0 Å². The van der Waals surface area contributed by atoms with Crippen LogP contribution < -0.4 is 11.1 Å². The third kappa shape index (κ3) is 7.75. The second-order valence-electron chi connectivity index (χ2n) is 4.24. The van der Waals surface area contributed by atoms with Gasteiger partial charge >= 0.3 is 18.0 Å². The number of urea groups is 1. The fraction of sp³-hybridized carbons (Fsp3) is 0.667. The minimum Gasteiger partial charge on any atom is -0.480 e. The zero-order chi connectivity index (χ0) is 16.4. The summed E-state index contributed by atoms with van der Waals surface area (Å²) in [7, 11) is 0. The highest BCUT2D eigenvalue weighted by Gasteiger charge is 2.25. The van der Waals surface area contributed by atoms with E-state index < -0.39 is 36.3 Å². The Morgan fingerprint density at radius 2 is 1.90 bits per heavy atom. The second-order valence-corrected chi connectivity index (χ2v) is 4.24. The first-order valence-electron chi connectivity index (χ1n) is 6.53. The van der Waals surface area contributed by atoms with E-state index in [4.69, 9.17) is 15.6 Å². The van der Waals surface area contributed by atoms with E-state index in [0.717, 1.165) is 4.90 Å². The van der Waals surface area contributed by atoms with E-state index in [1.165, 1.54) is 0 Å². The molecule has 0 saturated heterocycles. The fourth-order valence-electron chi connectivity index (χ4n) is 1.53. The number of nitrogens with zero attached hydrogens (tertiary/aromatic N) is 1. The van der Waals surface area contributed by atoms with Crippen molar-refractivity contribution in [2.75, 3.05) is 19.7 Å². The molecular formula is C12H21N3O6. The highest BCUT2D eigenvalue weighted by atomic mass is 16.5. The van der Waals surface area contributed by atoms with E-state index in [0.29, 0.717) is 6.42 Å². The maximum Gasteiger partial charge on any atom is 0.326 e. The number of carbonyl (C=O) groups is 4. The molecule has 0 bridgehead atoms. The maximum absolute atomic E-state index is 12.0. The minimum atomic E-state index is -1.43. The number of aliphatic carboxylic acids is 1. The Hall–Kier alpha value is -2.32. The lowest BCUT2D eigenvalue weighted by Gasteiger charge is -2.23. The van der Waals surface area contributed by atoms with Crippen LogP contribution in [0.1, 0.15) is 26.7 Å². The molecule has 1 atom stereocenters. The normalized spacial score (nSPS) is 11.3. The number of nitrogens with one attached hydrogen (secondary N) is 1. The number of hydrogen-bond donors (Lipinski definition) is 3. The molecule has 0 aromatic carbocycles. The van der Waals surface area contributed by atoms with Crippen LogP contribution in [0.4, 0.5) is 4.79 Å². The molecule has 9 heteroatoms. The Morgan fingerprint density at radius 3 is 2.33 bits per heavy atom. The van der Waals surface area contributed by atoms with E-state index in [1.54, 1.807) is 13.8 Å². The number of ether oxygens (including phenoxy) is 1. The monoisotopic (exact) mass is 303 g/mol. The summed E-state index contributed by atoms with van der Waals surface area (Å²) in [4.78, 5) is 46.2.